The second-order valence-corrected chi connectivity index (χ2v) is 10.3. The molecular weight excluding hydrogens is 534 g/mol. The number of aliphatic imine (C=N–C) groups is 2. The van der Waals surface area contributed by atoms with Gasteiger partial charge >= 0.3 is 0 Å². The molecule has 3 N–H and O–H groups in total. The average Bonchev–Trinajstić information content (AvgIpc) is 3.44. The van der Waals surface area contributed by atoms with E-state index >= 15 is 0 Å². The van der Waals surface area contributed by atoms with Crippen molar-refractivity contribution in [2.24, 2.45) is 22.8 Å². The zero-order valence-electron chi connectivity index (χ0n) is 25.5. The maximum Gasteiger partial charge on any atom is 0.257 e. The Kier molecular flexibility index (Phi) is 10.5. The molecule has 1 unspecified atom stereocenters. The molecule has 1 atom stereocenters. The molecule has 0 aliphatic rings. The van der Waals surface area contributed by atoms with Gasteiger partial charge in [-0.15, -0.1) is 0 Å². The fourth-order valence-corrected chi connectivity index (χ4v) is 4.71. The summed E-state index contributed by atoms with van der Waals surface area (Å²) in [7, 11) is 3.46. The first-order valence-electron chi connectivity index (χ1n) is 14.4. The Hall–Kier alpha value is -5.11. The number of fused-ring (bicyclic) bond motifs is 1. The van der Waals surface area contributed by atoms with E-state index in [0.717, 1.165) is 51.7 Å². The molecule has 0 radical (unpaired) electrons. The summed E-state index contributed by atoms with van der Waals surface area (Å²) in [4.78, 5) is 27.3. The Labute approximate surface area is 253 Å². The zero-order chi connectivity index (χ0) is 30.8. The first kappa shape index (κ1) is 30.8. The van der Waals surface area contributed by atoms with Crippen LogP contribution in [0.1, 0.15) is 56.3 Å². The van der Waals surface area contributed by atoms with Crippen LogP contribution < -0.4 is 11.1 Å². The van der Waals surface area contributed by atoms with Gasteiger partial charge in [-0.25, -0.2) is 4.98 Å². The van der Waals surface area contributed by atoms with Crippen molar-refractivity contribution in [3.8, 4) is 11.3 Å². The minimum atomic E-state index is -0.393. The SMILES string of the molecule is CCC\C=C/C=N\C(C)=C(/C(=O)NC(C)c1cc2cccc(/C=C/c3cnn(C)c3)c2nc1-c1ccccc1)C(N)=NC. The van der Waals surface area contributed by atoms with E-state index in [0.29, 0.717) is 5.70 Å². The van der Waals surface area contributed by atoms with Gasteiger partial charge in [0.05, 0.1) is 29.1 Å². The summed E-state index contributed by atoms with van der Waals surface area (Å²) in [6.07, 6.45) is 15.5. The van der Waals surface area contributed by atoms with E-state index in [9.17, 15) is 4.79 Å². The number of unbranched alkanes of at least 4 members (excludes halogenated alkanes) is 1. The van der Waals surface area contributed by atoms with E-state index < -0.39 is 6.04 Å². The lowest BCUT2D eigenvalue weighted by atomic mass is 9.97. The number of carbonyl (C=O) groups is 1. The number of aromatic nitrogens is 3. The lowest BCUT2D eigenvalue weighted by Gasteiger charge is -2.20. The van der Waals surface area contributed by atoms with E-state index in [1.807, 2.05) is 93.1 Å². The van der Waals surface area contributed by atoms with Crippen molar-refractivity contribution in [2.75, 3.05) is 7.05 Å². The molecule has 8 nitrogen and oxygen atoms in total. The van der Waals surface area contributed by atoms with Crippen molar-refractivity contribution in [1.82, 2.24) is 20.1 Å². The Balaban J connectivity index is 1.74. The molecule has 4 aromatic rings. The molecule has 2 aromatic heterocycles. The number of hydrogen-bond acceptors (Lipinski definition) is 5. The zero-order valence-corrected chi connectivity index (χ0v) is 25.5. The molecule has 220 valence electrons. The molecule has 0 bridgehead atoms. The van der Waals surface area contributed by atoms with E-state index in [2.05, 4.69) is 39.5 Å². The van der Waals surface area contributed by atoms with E-state index in [-0.39, 0.29) is 17.3 Å². The third-order valence-electron chi connectivity index (χ3n) is 6.98. The van der Waals surface area contributed by atoms with Crippen LogP contribution in [0.4, 0.5) is 0 Å². The number of nitrogens with two attached hydrogens (primary N) is 1. The van der Waals surface area contributed by atoms with Crippen LogP contribution in [0.2, 0.25) is 0 Å². The van der Waals surface area contributed by atoms with Crippen LogP contribution in [0.3, 0.4) is 0 Å². The lowest BCUT2D eigenvalue weighted by molar-refractivity contribution is -0.117. The van der Waals surface area contributed by atoms with Crippen molar-refractivity contribution >= 4 is 41.0 Å². The first-order valence-corrected chi connectivity index (χ1v) is 14.4. The molecule has 1 amide bonds. The number of hydrogen-bond donors (Lipinski definition) is 2. The average molecular weight is 574 g/mol. The number of amides is 1. The number of para-hydroxylation sites is 1. The van der Waals surface area contributed by atoms with E-state index in [1.54, 1.807) is 24.9 Å². The van der Waals surface area contributed by atoms with Crippen LogP contribution in [0.15, 0.2) is 100 Å². The maximum absolute atomic E-state index is 13.6. The summed E-state index contributed by atoms with van der Waals surface area (Å²) in [5, 5.41) is 8.35. The lowest BCUT2D eigenvalue weighted by Crippen LogP contribution is -2.34. The maximum atomic E-state index is 13.6. The molecule has 0 spiro atoms. The number of nitrogens with zero attached hydrogens (tertiary/aromatic N) is 5. The molecule has 2 heterocycles. The standard InChI is InChI=1S/C35H39N7O/c1-6-7-8-12-20-38-25(3)31(34(36)37-4)35(43)40-24(2)30-21-29-17-13-16-28(19-18-26-22-39-42(5)23-26)32(29)41-33(30)27-14-10-9-11-15-27/h8-24H,6-7H2,1-5H3,(H2,36,37)(H,40,43)/b12-8-,19-18+,31-25-,38-20-. The third kappa shape index (κ3) is 7.80. The molecule has 43 heavy (non-hydrogen) atoms. The summed E-state index contributed by atoms with van der Waals surface area (Å²) in [6, 6.07) is 17.8. The summed E-state index contributed by atoms with van der Waals surface area (Å²) in [5.74, 6) is -0.225. The normalized spacial score (nSPS) is 13.7. The predicted molar refractivity (Wildman–Crippen MR) is 179 cm³/mol. The number of rotatable bonds is 11. The number of carbonyl (C=O) groups excluding carboxylic acids is 1. The van der Waals surface area contributed by atoms with Gasteiger partial charge in [0.2, 0.25) is 0 Å². The largest absolute Gasteiger partial charge is 0.383 e. The molecular formula is C35H39N7O. The second-order valence-electron chi connectivity index (χ2n) is 10.3. The topological polar surface area (TPSA) is 111 Å². The van der Waals surface area contributed by atoms with Crippen LogP contribution in [0.5, 0.6) is 0 Å². The van der Waals surface area contributed by atoms with E-state index in [4.69, 9.17) is 10.7 Å². The minimum Gasteiger partial charge on any atom is -0.383 e. The minimum absolute atomic E-state index is 0.127. The van der Waals surface area contributed by atoms with Crippen molar-refractivity contribution in [3.63, 3.8) is 0 Å². The fraction of sp³-hybridized carbons (Fsp3) is 0.229. The van der Waals surface area contributed by atoms with Crippen molar-refractivity contribution in [3.05, 3.63) is 107 Å². The Morgan fingerprint density at radius 2 is 1.93 bits per heavy atom. The Morgan fingerprint density at radius 1 is 1.14 bits per heavy atom. The Morgan fingerprint density at radius 3 is 2.63 bits per heavy atom. The number of benzene rings is 2. The molecule has 0 saturated heterocycles. The predicted octanol–water partition coefficient (Wildman–Crippen LogP) is 6.67. The highest BCUT2D eigenvalue weighted by Gasteiger charge is 2.22. The van der Waals surface area contributed by atoms with Gasteiger partial charge in [-0.1, -0.05) is 80.1 Å². The Bertz CT molecular complexity index is 1730. The van der Waals surface area contributed by atoms with Gasteiger partial charge in [0.15, 0.2) is 0 Å². The smallest absolute Gasteiger partial charge is 0.257 e. The summed E-state index contributed by atoms with van der Waals surface area (Å²) in [6.45, 7) is 5.82. The summed E-state index contributed by atoms with van der Waals surface area (Å²) >= 11 is 0. The van der Waals surface area contributed by atoms with Crippen molar-refractivity contribution in [1.29, 1.82) is 0 Å². The van der Waals surface area contributed by atoms with Crippen molar-refractivity contribution < 1.29 is 4.79 Å². The molecule has 8 heteroatoms. The van der Waals surface area contributed by atoms with Gasteiger partial charge < -0.3 is 11.1 Å². The number of aryl methyl sites for hydroxylation is 1. The number of amidine groups is 1. The molecule has 4 rings (SSSR count). The molecule has 0 fully saturated rings. The van der Waals surface area contributed by atoms with Crippen molar-refractivity contribution in [2.45, 2.75) is 39.7 Å². The van der Waals surface area contributed by atoms with Crippen LogP contribution in [-0.4, -0.2) is 39.8 Å². The van der Waals surface area contributed by atoms with E-state index in [1.165, 1.54) is 0 Å². The second kappa shape index (κ2) is 14.7. The van der Waals surface area contributed by atoms with Crippen LogP contribution in [0, 0.1) is 0 Å². The summed E-state index contributed by atoms with van der Waals surface area (Å²) < 4.78 is 1.77. The van der Waals surface area contributed by atoms with Crippen LogP contribution >= 0.6 is 0 Å². The molecule has 0 aliphatic carbocycles. The van der Waals surface area contributed by atoms with Gasteiger partial charge in [0.25, 0.3) is 5.91 Å². The highest BCUT2D eigenvalue weighted by atomic mass is 16.1. The fourth-order valence-electron chi connectivity index (χ4n) is 4.71. The highest BCUT2D eigenvalue weighted by molar-refractivity contribution is 6.20. The molecule has 0 aliphatic heterocycles. The summed E-state index contributed by atoms with van der Waals surface area (Å²) in [5.41, 5.74) is 12.4. The van der Waals surface area contributed by atoms with Gasteiger partial charge in [0.1, 0.15) is 11.4 Å². The van der Waals surface area contributed by atoms with Crippen LogP contribution in [0.25, 0.3) is 34.3 Å². The van der Waals surface area contributed by atoms with Crippen LogP contribution in [-0.2, 0) is 11.8 Å². The monoisotopic (exact) mass is 573 g/mol. The molecule has 0 saturated carbocycles. The van der Waals surface area contributed by atoms with Gasteiger partial charge in [-0.05, 0) is 32.4 Å². The first-order chi connectivity index (χ1) is 20.8. The highest BCUT2D eigenvalue weighted by Crippen LogP contribution is 2.32. The third-order valence-corrected chi connectivity index (χ3v) is 6.98. The molecule has 2 aromatic carbocycles. The van der Waals surface area contributed by atoms with Gasteiger partial charge in [0, 0.05) is 54.1 Å². The quantitative estimate of drug-likeness (QED) is 0.119. The number of nitrogens with one attached hydrogen (secondary N) is 1. The number of allylic oxidation sites excluding steroid dienone is 3. The van der Waals surface area contributed by atoms with Gasteiger partial charge in [-0.2, -0.15) is 5.10 Å². The van der Waals surface area contributed by atoms with Gasteiger partial charge in [-0.3, -0.25) is 19.5 Å². The number of pyridine rings is 1.